The van der Waals surface area contributed by atoms with Crippen LogP contribution in [0.4, 0.5) is 0 Å². The Labute approximate surface area is 164 Å². The SMILES string of the molecule is C[Si](C)C.[C-]1=CC=CC1.[Zr].c1ccc(Pc2ccccc2)cc1. The minimum absolute atomic E-state index is 0. The van der Waals surface area contributed by atoms with Gasteiger partial charge in [0.25, 0.3) is 0 Å². The first kappa shape index (κ1) is 22.4. The fourth-order valence-electron chi connectivity index (χ4n) is 1.55. The molecule has 0 nitrogen and oxygen atoms in total. The van der Waals surface area contributed by atoms with Gasteiger partial charge in [-0.2, -0.15) is 6.08 Å². The third-order valence-electron chi connectivity index (χ3n) is 2.42. The van der Waals surface area contributed by atoms with Gasteiger partial charge in [-0.15, -0.1) is 6.42 Å². The van der Waals surface area contributed by atoms with Gasteiger partial charge in [0.05, 0.1) is 0 Å². The van der Waals surface area contributed by atoms with Crippen molar-refractivity contribution in [2.45, 2.75) is 26.1 Å². The minimum Gasteiger partial charge on any atom is -0.273 e. The summed E-state index contributed by atoms with van der Waals surface area (Å²) in [6.07, 6.45) is 10.0. The van der Waals surface area contributed by atoms with Crippen molar-refractivity contribution in [2.75, 3.05) is 0 Å². The molecule has 119 valence electrons. The smallest absolute Gasteiger partial charge is 0.0379 e. The first-order valence-electron chi connectivity index (χ1n) is 7.54. The largest absolute Gasteiger partial charge is 0.273 e. The van der Waals surface area contributed by atoms with Gasteiger partial charge in [0.1, 0.15) is 0 Å². The van der Waals surface area contributed by atoms with Gasteiger partial charge < -0.3 is 0 Å². The molecule has 3 rings (SSSR count). The second kappa shape index (κ2) is 15.0. The summed E-state index contributed by atoms with van der Waals surface area (Å²) in [7, 11) is 0.897. The van der Waals surface area contributed by atoms with Crippen LogP contribution in [0.3, 0.4) is 0 Å². The number of hydrogen-bond acceptors (Lipinski definition) is 0. The molecule has 3 heteroatoms. The molecule has 0 saturated heterocycles. The Hall–Kier alpha value is -0.550. The van der Waals surface area contributed by atoms with Crippen molar-refractivity contribution < 1.29 is 26.2 Å². The van der Waals surface area contributed by atoms with Gasteiger partial charge in [-0.05, 0) is 10.6 Å². The first-order valence-corrected chi connectivity index (χ1v) is 11.5. The van der Waals surface area contributed by atoms with Crippen LogP contribution in [0, 0.1) is 6.08 Å². The van der Waals surface area contributed by atoms with E-state index in [2.05, 4.69) is 92.5 Å². The molecule has 1 aliphatic carbocycles. The Morgan fingerprint density at radius 1 is 0.826 bits per heavy atom. The molecule has 0 amide bonds. The maximum atomic E-state index is 2.99. The molecule has 0 atom stereocenters. The zero-order valence-corrected chi connectivity index (χ0v) is 18.7. The second-order valence-electron chi connectivity index (χ2n) is 5.36. The van der Waals surface area contributed by atoms with Gasteiger partial charge in [0, 0.05) is 35.0 Å². The average molecular weight is 416 g/mol. The molecule has 0 aliphatic heterocycles. The van der Waals surface area contributed by atoms with Crippen LogP contribution in [0.25, 0.3) is 0 Å². The van der Waals surface area contributed by atoms with Crippen molar-refractivity contribution in [3.05, 3.63) is 85.0 Å². The molecule has 0 heterocycles. The number of hydrogen-bond donors (Lipinski definition) is 0. The van der Waals surface area contributed by atoms with Crippen LogP contribution in [-0.4, -0.2) is 8.80 Å². The van der Waals surface area contributed by atoms with Crippen LogP contribution in [0.15, 0.2) is 78.9 Å². The van der Waals surface area contributed by atoms with Gasteiger partial charge in [0.15, 0.2) is 0 Å². The molecule has 0 unspecified atom stereocenters. The van der Waals surface area contributed by atoms with E-state index in [4.69, 9.17) is 0 Å². The molecule has 0 fully saturated rings. The Morgan fingerprint density at radius 3 is 1.52 bits per heavy atom. The predicted octanol–water partition coefficient (Wildman–Crippen LogP) is 4.99. The molecule has 2 aromatic carbocycles. The molecule has 2 aromatic rings. The second-order valence-corrected chi connectivity index (χ2v) is 9.76. The zero-order valence-electron chi connectivity index (χ0n) is 14.2. The molecule has 0 spiro atoms. The molecule has 1 aliphatic rings. The Balaban J connectivity index is 0.000000404. The van der Waals surface area contributed by atoms with E-state index in [1.807, 2.05) is 12.2 Å². The van der Waals surface area contributed by atoms with Gasteiger partial charge in [0.2, 0.25) is 0 Å². The summed E-state index contributed by atoms with van der Waals surface area (Å²) in [6, 6.07) is 21.2. The summed E-state index contributed by atoms with van der Waals surface area (Å²) in [6.45, 7) is 6.81. The molecule has 1 radical (unpaired) electrons. The molecular formula is C20H25PSiZr-. The van der Waals surface area contributed by atoms with E-state index < -0.39 is 0 Å². The molecule has 0 saturated carbocycles. The minimum atomic E-state index is 0. The Bertz CT molecular complexity index is 500. The third kappa shape index (κ3) is 13.6. The summed E-state index contributed by atoms with van der Waals surface area (Å²) in [4.78, 5) is 0. The topological polar surface area (TPSA) is 0 Å². The molecule has 0 N–H and O–H groups in total. The normalized spacial score (nSPS) is 11.0. The maximum Gasteiger partial charge on any atom is 0.0379 e. The quantitative estimate of drug-likeness (QED) is 0.368. The van der Waals surface area contributed by atoms with Crippen LogP contribution in [-0.2, 0) is 26.2 Å². The van der Waals surface area contributed by atoms with E-state index >= 15 is 0 Å². The van der Waals surface area contributed by atoms with Crippen molar-refractivity contribution in [1.29, 1.82) is 0 Å². The Morgan fingerprint density at radius 2 is 1.26 bits per heavy atom. The fourth-order valence-corrected chi connectivity index (χ4v) is 2.60. The molecular weight excluding hydrogens is 391 g/mol. The zero-order chi connectivity index (χ0) is 16.0. The van der Waals surface area contributed by atoms with Crippen molar-refractivity contribution in [3.63, 3.8) is 0 Å². The number of rotatable bonds is 2. The number of benzene rings is 2. The fraction of sp³-hybridized carbons (Fsp3) is 0.200. The molecule has 0 bridgehead atoms. The van der Waals surface area contributed by atoms with Crippen molar-refractivity contribution in [2.24, 2.45) is 0 Å². The summed E-state index contributed by atoms with van der Waals surface area (Å²) in [5.41, 5.74) is 0. The van der Waals surface area contributed by atoms with Crippen molar-refractivity contribution in [1.82, 2.24) is 0 Å². The van der Waals surface area contributed by atoms with Crippen LogP contribution in [0.5, 0.6) is 0 Å². The van der Waals surface area contributed by atoms with E-state index in [0.717, 1.165) is 15.0 Å². The van der Waals surface area contributed by atoms with E-state index in [1.165, 1.54) is 10.6 Å². The van der Waals surface area contributed by atoms with Gasteiger partial charge in [-0.1, -0.05) is 88.9 Å². The average Bonchev–Trinajstić information content (AvgIpc) is 3.08. The van der Waals surface area contributed by atoms with Crippen molar-refractivity contribution >= 4 is 28.0 Å². The molecule has 23 heavy (non-hydrogen) atoms. The van der Waals surface area contributed by atoms with E-state index in [9.17, 15) is 0 Å². The summed E-state index contributed by atoms with van der Waals surface area (Å²) in [5.74, 6) is 0. The monoisotopic (exact) mass is 414 g/mol. The predicted molar refractivity (Wildman–Crippen MR) is 105 cm³/mol. The van der Waals surface area contributed by atoms with Gasteiger partial charge in [-0.3, -0.25) is 6.08 Å². The first-order chi connectivity index (χ1) is 10.7. The Kier molecular flexibility index (Phi) is 14.6. The van der Waals surface area contributed by atoms with Crippen LogP contribution in [0.2, 0.25) is 19.6 Å². The standard InChI is InChI=1S/C12H11P.C5H5.C3H9Si.Zr/c1-3-7-11(8-4-1)13-12-9-5-2-6-10-12;1-2-4-5-3-1;1-4(2)3;/h1-10,13H;1-3H,4H2;1-3H3;/q;-1;;. The van der Waals surface area contributed by atoms with E-state index in [1.54, 1.807) is 0 Å². The van der Waals surface area contributed by atoms with Gasteiger partial charge in [-0.25, -0.2) is 12.2 Å². The van der Waals surface area contributed by atoms with Crippen LogP contribution in [0.1, 0.15) is 6.42 Å². The summed E-state index contributed by atoms with van der Waals surface area (Å²) in [5, 5.41) is 2.79. The maximum absolute atomic E-state index is 2.99. The van der Waals surface area contributed by atoms with Crippen LogP contribution >= 0.6 is 8.58 Å². The van der Waals surface area contributed by atoms with E-state index in [-0.39, 0.29) is 35.0 Å². The van der Waals surface area contributed by atoms with Crippen molar-refractivity contribution in [3.8, 4) is 0 Å². The van der Waals surface area contributed by atoms with Crippen LogP contribution < -0.4 is 10.6 Å². The third-order valence-corrected chi connectivity index (χ3v) is 3.67. The molecule has 0 aromatic heterocycles. The summed E-state index contributed by atoms with van der Waals surface area (Å²) < 4.78 is 0. The van der Waals surface area contributed by atoms with E-state index in [0.29, 0.717) is 0 Å². The van der Waals surface area contributed by atoms with Gasteiger partial charge >= 0.3 is 0 Å². The summed E-state index contributed by atoms with van der Waals surface area (Å²) >= 11 is 0. The number of allylic oxidation sites excluding steroid dienone is 4.